The van der Waals surface area contributed by atoms with Crippen LogP contribution in [0.25, 0.3) is 5.76 Å². The van der Waals surface area contributed by atoms with E-state index in [0.29, 0.717) is 18.7 Å². The lowest BCUT2D eigenvalue weighted by Gasteiger charge is -2.27. The number of aliphatic hydroxyl groups is 1. The molecule has 188 valence electrons. The van der Waals surface area contributed by atoms with Gasteiger partial charge in [-0.15, -0.1) is 0 Å². The Bertz CT molecular complexity index is 1070. The van der Waals surface area contributed by atoms with Gasteiger partial charge in [-0.2, -0.15) is 0 Å². The fraction of sp³-hybridized carbons (Fsp3) is 0.448. The third-order valence-electron chi connectivity index (χ3n) is 6.62. The van der Waals surface area contributed by atoms with Gasteiger partial charge in [-0.3, -0.25) is 9.59 Å². The van der Waals surface area contributed by atoms with Gasteiger partial charge in [0.1, 0.15) is 11.5 Å². The molecule has 1 N–H and O–H groups in total. The first-order chi connectivity index (χ1) is 16.8. The van der Waals surface area contributed by atoms with Crippen LogP contribution in [0.1, 0.15) is 61.9 Å². The number of hydrogen-bond donors (Lipinski definition) is 1. The van der Waals surface area contributed by atoms with E-state index in [1.54, 1.807) is 4.90 Å². The van der Waals surface area contributed by atoms with Crippen LogP contribution in [0.2, 0.25) is 0 Å². The van der Waals surface area contributed by atoms with E-state index in [2.05, 4.69) is 18.7 Å². The second kappa shape index (κ2) is 12.0. The topological polar surface area (TPSA) is 70.1 Å². The largest absolute Gasteiger partial charge is 0.507 e. The highest BCUT2D eigenvalue weighted by molar-refractivity contribution is 6.46. The van der Waals surface area contributed by atoms with Crippen molar-refractivity contribution in [1.82, 2.24) is 9.80 Å². The highest BCUT2D eigenvalue weighted by Crippen LogP contribution is 2.40. The number of aliphatic hydroxyl groups excluding tert-OH is 1. The van der Waals surface area contributed by atoms with Crippen molar-refractivity contribution in [3.05, 3.63) is 70.3 Å². The standard InChI is InChI=1S/C29H38N2O4/c1-6-18-35-23-14-12-22(13-15-23)26-25(27(32)24-19-20(4)10-11-21(24)5)28(33)29(34)31(26)17-9-16-30(7-2)8-3/h10-15,19,26,32H,6-9,16-18H2,1-5H3/b27-25+. The molecule has 2 aromatic rings. The van der Waals surface area contributed by atoms with E-state index >= 15 is 0 Å². The smallest absolute Gasteiger partial charge is 0.295 e. The van der Waals surface area contributed by atoms with E-state index in [1.165, 1.54) is 0 Å². The first-order valence-corrected chi connectivity index (χ1v) is 12.6. The number of nitrogens with zero attached hydrogens (tertiary/aromatic N) is 2. The predicted molar refractivity (Wildman–Crippen MR) is 140 cm³/mol. The fourth-order valence-electron chi connectivity index (χ4n) is 4.56. The first kappa shape index (κ1) is 26.5. The Hall–Kier alpha value is -3.12. The minimum atomic E-state index is -0.646. The van der Waals surface area contributed by atoms with Crippen molar-refractivity contribution in [1.29, 1.82) is 0 Å². The average molecular weight is 479 g/mol. The minimum absolute atomic E-state index is 0.118. The Morgan fingerprint density at radius 2 is 1.71 bits per heavy atom. The molecular formula is C29H38N2O4. The van der Waals surface area contributed by atoms with Crippen LogP contribution in [-0.4, -0.2) is 59.4 Å². The summed E-state index contributed by atoms with van der Waals surface area (Å²) in [6, 6.07) is 12.6. The summed E-state index contributed by atoms with van der Waals surface area (Å²) in [7, 11) is 0. The van der Waals surface area contributed by atoms with Gasteiger partial charge >= 0.3 is 0 Å². The average Bonchev–Trinajstić information content (AvgIpc) is 3.11. The molecular weight excluding hydrogens is 440 g/mol. The molecule has 3 rings (SSSR count). The Balaban J connectivity index is 2.04. The van der Waals surface area contributed by atoms with E-state index in [1.807, 2.05) is 63.2 Å². The number of rotatable bonds is 11. The number of carbonyl (C=O) groups is 2. The third-order valence-corrected chi connectivity index (χ3v) is 6.62. The normalized spacial score (nSPS) is 17.4. The van der Waals surface area contributed by atoms with Crippen LogP contribution in [0.4, 0.5) is 0 Å². The Morgan fingerprint density at radius 3 is 2.34 bits per heavy atom. The van der Waals surface area contributed by atoms with E-state index in [9.17, 15) is 14.7 Å². The first-order valence-electron chi connectivity index (χ1n) is 12.6. The zero-order valence-corrected chi connectivity index (χ0v) is 21.6. The molecule has 0 radical (unpaired) electrons. The minimum Gasteiger partial charge on any atom is -0.507 e. The molecule has 1 amide bonds. The number of likely N-dealkylation sites (tertiary alicyclic amines) is 1. The second-order valence-electron chi connectivity index (χ2n) is 9.11. The van der Waals surface area contributed by atoms with Gasteiger partial charge in [-0.25, -0.2) is 0 Å². The fourth-order valence-corrected chi connectivity index (χ4v) is 4.56. The molecule has 1 fully saturated rings. The highest BCUT2D eigenvalue weighted by Gasteiger charge is 2.45. The van der Waals surface area contributed by atoms with Gasteiger partial charge in [0.2, 0.25) is 0 Å². The summed E-state index contributed by atoms with van der Waals surface area (Å²) in [6.07, 6.45) is 1.65. The number of amides is 1. The molecule has 0 aromatic heterocycles. The second-order valence-corrected chi connectivity index (χ2v) is 9.11. The zero-order valence-electron chi connectivity index (χ0n) is 21.6. The number of Topliss-reactive ketones (excluding diaryl/α,β-unsaturated/α-hetero) is 1. The van der Waals surface area contributed by atoms with Crippen molar-refractivity contribution in [3.63, 3.8) is 0 Å². The molecule has 6 nitrogen and oxygen atoms in total. The van der Waals surface area contributed by atoms with Crippen LogP contribution in [-0.2, 0) is 9.59 Å². The number of aryl methyl sites for hydroxylation is 2. The van der Waals surface area contributed by atoms with Crippen LogP contribution < -0.4 is 4.74 Å². The summed E-state index contributed by atoms with van der Waals surface area (Å²) in [6.45, 7) is 13.9. The van der Waals surface area contributed by atoms with E-state index in [0.717, 1.165) is 54.9 Å². The summed E-state index contributed by atoms with van der Waals surface area (Å²) in [4.78, 5) is 30.4. The van der Waals surface area contributed by atoms with E-state index < -0.39 is 17.7 Å². The van der Waals surface area contributed by atoms with Crippen molar-refractivity contribution in [2.24, 2.45) is 0 Å². The molecule has 1 heterocycles. The highest BCUT2D eigenvalue weighted by atomic mass is 16.5. The third kappa shape index (κ3) is 5.93. The molecule has 0 saturated carbocycles. The van der Waals surface area contributed by atoms with Crippen LogP contribution in [0.3, 0.4) is 0 Å². The Morgan fingerprint density at radius 1 is 1.03 bits per heavy atom. The lowest BCUT2D eigenvalue weighted by atomic mass is 9.93. The summed E-state index contributed by atoms with van der Waals surface area (Å²) >= 11 is 0. The Labute approximate surface area is 209 Å². The lowest BCUT2D eigenvalue weighted by Crippen LogP contribution is -2.33. The maximum absolute atomic E-state index is 13.3. The van der Waals surface area contributed by atoms with Gasteiger partial charge in [0, 0.05) is 12.1 Å². The molecule has 6 heteroatoms. The Kier molecular flexibility index (Phi) is 9.10. The molecule has 1 saturated heterocycles. The lowest BCUT2D eigenvalue weighted by molar-refractivity contribution is -0.140. The van der Waals surface area contributed by atoms with Gasteiger partial charge in [0.05, 0.1) is 18.2 Å². The molecule has 35 heavy (non-hydrogen) atoms. The van der Waals surface area contributed by atoms with E-state index in [-0.39, 0.29) is 11.3 Å². The predicted octanol–water partition coefficient (Wildman–Crippen LogP) is 5.25. The van der Waals surface area contributed by atoms with Crippen molar-refractivity contribution < 1.29 is 19.4 Å². The number of carbonyl (C=O) groups excluding carboxylic acids is 2. The van der Waals surface area contributed by atoms with Crippen LogP contribution in [0.5, 0.6) is 5.75 Å². The zero-order chi connectivity index (χ0) is 25.5. The van der Waals surface area contributed by atoms with Crippen molar-refractivity contribution in [3.8, 4) is 5.75 Å². The molecule has 0 aliphatic carbocycles. The van der Waals surface area contributed by atoms with Gasteiger partial charge in [-0.1, -0.05) is 50.6 Å². The van der Waals surface area contributed by atoms with Crippen LogP contribution in [0.15, 0.2) is 48.0 Å². The summed E-state index contributed by atoms with van der Waals surface area (Å²) in [5.74, 6) is -0.578. The summed E-state index contributed by atoms with van der Waals surface area (Å²) in [5.41, 5.74) is 3.33. The molecule has 0 bridgehead atoms. The van der Waals surface area contributed by atoms with Gasteiger partial charge in [0.25, 0.3) is 11.7 Å². The SMILES string of the molecule is CCCOc1ccc(C2/C(=C(\O)c3cc(C)ccc3C)C(=O)C(=O)N2CCCN(CC)CC)cc1. The van der Waals surface area contributed by atoms with Crippen molar-refractivity contribution in [2.45, 2.75) is 53.5 Å². The number of benzene rings is 2. The molecule has 0 spiro atoms. The van der Waals surface area contributed by atoms with Gasteiger partial charge in [0.15, 0.2) is 0 Å². The molecule has 2 aromatic carbocycles. The maximum atomic E-state index is 13.3. The van der Waals surface area contributed by atoms with Crippen LogP contribution in [0, 0.1) is 13.8 Å². The van der Waals surface area contributed by atoms with Gasteiger partial charge < -0.3 is 19.6 Å². The van der Waals surface area contributed by atoms with Crippen molar-refractivity contribution in [2.75, 3.05) is 32.8 Å². The molecule has 1 atom stereocenters. The molecule has 1 unspecified atom stereocenters. The quantitative estimate of drug-likeness (QED) is 0.272. The number of ether oxygens (including phenoxy) is 1. The van der Waals surface area contributed by atoms with Crippen molar-refractivity contribution >= 4 is 17.4 Å². The van der Waals surface area contributed by atoms with Gasteiger partial charge in [-0.05, 0) is 75.6 Å². The number of ketones is 1. The molecule has 1 aliphatic heterocycles. The molecule has 1 aliphatic rings. The monoisotopic (exact) mass is 478 g/mol. The summed E-state index contributed by atoms with van der Waals surface area (Å²) < 4.78 is 5.72. The van der Waals surface area contributed by atoms with Crippen LogP contribution >= 0.6 is 0 Å². The number of hydrogen-bond acceptors (Lipinski definition) is 5. The summed E-state index contributed by atoms with van der Waals surface area (Å²) in [5, 5.41) is 11.4. The van der Waals surface area contributed by atoms with E-state index in [4.69, 9.17) is 4.74 Å². The maximum Gasteiger partial charge on any atom is 0.295 e.